The van der Waals surface area contributed by atoms with Crippen molar-refractivity contribution in [3.05, 3.63) is 34.9 Å². The normalized spacial score (nSPS) is 27.4. The fourth-order valence-corrected chi connectivity index (χ4v) is 1.84. The minimum atomic E-state index is -3.14. The van der Waals surface area contributed by atoms with Gasteiger partial charge in [0.25, 0.3) is 5.92 Å². The number of halogens is 3. The van der Waals surface area contributed by atoms with E-state index in [9.17, 15) is 13.6 Å². The molecule has 1 aromatic carbocycles. The van der Waals surface area contributed by atoms with Gasteiger partial charge in [-0.1, -0.05) is 23.7 Å². The molecule has 0 amide bonds. The summed E-state index contributed by atoms with van der Waals surface area (Å²) >= 11 is 5.60. The molecule has 2 rings (SSSR count). The van der Waals surface area contributed by atoms with Crippen molar-refractivity contribution in [3.63, 3.8) is 0 Å². The van der Waals surface area contributed by atoms with Gasteiger partial charge in [0.1, 0.15) is 5.92 Å². The molecule has 1 saturated carbocycles. The lowest BCUT2D eigenvalue weighted by atomic mass is 10.1. The molecule has 5 heteroatoms. The highest BCUT2D eigenvalue weighted by atomic mass is 35.5. The summed E-state index contributed by atoms with van der Waals surface area (Å²) in [4.78, 5) is 10.5. The maximum Gasteiger partial charge on any atom is 0.313 e. The number of aliphatic carboxylic acids is 1. The van der Waals surface area contributed by atoms with Gasteiger partial charge < -0.3 is 5.11 Å². The Morgan fingerprint density at radius 3 is 2.27 bits per heavy atom. The van der Waals surface area contributed by atoms with Crippen molar-refractivity contribution < 1.29 is 18.7 Å². The van der Waals surface area contributed by atoms with Crippen molar-refractivity contribution in [3.8, 4) is 0 Å². The van der Waals surface area contributed by atoms with Gasteiger partial charge in [0.05, 0.1) is 5.92 Å². The molecule has 0 saturated heterocycles. The molecule has 80 valence electrons. The highest BCUT2D eigenvalue weighted by molar-refractivity contribution is 6.30. The van der Waals surface area contributed by atoms with Crippen molar-refractivity contribution in [1.29, 1.82) is 0 Å². The standard InChI is InChI=1S/C10H7ClF2O2/c11-6-3-1-5(2-4-6)7-8(9(14)15)10(7,12)13/h1-4,7-8H,(H,14,15)/t7-,8+/m1/s1. The van der Waals surface area contributed by atoms with Crippen LogP contribution in [0.2, 0.25) is 5.02 Å². The zero-order valence-corrected chi connectivity index (χ0v) is 8.21. The lowest BCUT2D eigenvalue weighted by Crippen LogP contribution is -2.04. The van der Waals surface area contributed by atoms with Gasteiger partial charge in [-0.25, -0.2) is 8.78 Å². The number of rotatable bonds is 2. The third-order valence-electron chi connectivity index (χ3n) is 2.55. The van der Waals surface area contributed by atoms with E-state index in [0.29, 0.717) is 10.6 Å². The Bertz CT molecular complexity index is 402. The molecule has 0 heterocycles. The first kappa shape index (κ1) is 10.4. The minimum Gasteiger partial charge on any atom is -0.481 e. The summed E-state index contributed by atoms with van der Waals surface area (Å²) in [7, 11) is 0. The summed E-state index contributed by atoms with van der Waals surface area (Å²) in [6, 6.07) is 5.82. The van der Waals surface area contributed by atoms with E-state index in [1.165, 1.54) is 24.3 Å². The molecule has 0 bridgehead atoms. The Morgan fingerprint density at radius 2 is 1.87 bits per heavy atom. The molecule has 1 fully saturated rings. The van der Waals surface area contributed by atoms with E-state index in [4.69, 9.17) is 16.7 Å². The summed E-state index contributed by atoms with van der Waals surface area (Å²) in [5.74, 6) is -7.41. The van der Waals surface area contributed by atoms with Gasteiger partial charge in [-0.05, 0) is 17.7 Å². The monoisotopic (exact) mass is 232 g/mol. The quantitative estimate of drug-likeness (QED) is 0.851. The highest BCUT2D eigenvalue weighted by Gasteiger charge is 2.72. The van der Waals surface area contributed by atoms with Crippen LogP contribution in [0.4, 0.5) is 8.78 Å². The van der Waals surface area contributed by atoms with Gasteiger partial charge in [-0.3, -0.25) is 4.79 Å². The van der Waals surface area contributed by atoms with Crippen molar-refractivity contribution >= 4 is 17.6 Å². The largest absolute Gasteiger partial charge is 0.481 e. The summed E-state index contributed by atoms with van der Waals surface area (Å²) in [5, 5.41) is 9.01. The van der Waals surface area contributed by atoms with E-state index in [1.807, 2.05) is 0 Å². The maximum atomic E-state index is 13.1. The second kappa shape index (κ2) is 3.17. The average molecular weight is 233 g/mol. The zero-order chi connectivity index (χ0) is 11.2. The molecule has 0 radical (unpaired) electrons. The number of carbonyl (C=O) groups is 1. The van der Waals surface area contributed by atoms with Crippen LogP contribution in [-0.2, 0) is 4.79 Å². The number of carboxylic acids is 1. The van der Waals surface area contributed by atoms with Crippen molar-refractivity contribution in [2.45, 2.75) is 11.8 Å². The molecule has 15 heavy (non-hydrogen) atoms. The van der Waals surface area contributed by atoms with Crippen LogP contribution in [0.5, 0.6) is 0 Å². The Morgan fingerprint density at radius 1 is 1.33 bits per heavy atom. The minimum absolute atomic E-state index is 0.316. The molecule has 1 aliphatic carbocycles. The lowest BCUT2D eigenvalue weighted by molar-refractivity contribution is -0.140. The van der Waals surface area contributed by atoms with Gasteiger partial charge in [0, 0.05) is 5.02 Å². The molecule has 1 aromatic rings. The fraction of sp³-hybridized carbons (Fsp3) is 0.300. The van der Waals surface area contributed by atoms with Gasteiger partial charge >= 0.3 is 5.97 Å². The van der Waals surface area contributed by atoms with Crippen LogP contribution in [0.3, 0.4) is 0 Å². The highest BCUT2D eigenvalue weighted by Crippen LogP contribution is 2.61. The van der Waals surface area contributed by atoms with Crippen LogP contribution in [0, 0.1) is 5.92 Å². The molecule has 0 spiro atoms. The number of hydrogen-bond donors (Lipinski definition) is 1. The predicted octanol–water partition coefficient (Wildman–Crippen LogP) is 2.77. The van der Waals surface area contributed by atoms with Crippen LogP contribution in [-0.4, -0.2) is 17.0 Å². The Kier molecular flexibility index (Phi) is 2.19. The molecule has 2 nitrogen and oxygen atoms in total. The number of alkyl halides is 2. The van der Waals surface area contributed by atoms with Crippen LogP contribution < -0.4 is 0 Å². The fourth-order valence-electron chi connectivity index (χ4n) is 1.72. The summed E-state index contributed by atoms with van der Waals surface area (Å²) < 4.78 is 26.2. The SMILES string of the molecule is O=C(O)[C@@H]1[C@@H](c2ccc(Cl)cc2)C1(F)F. The summed E-state index contributed by atoms with van der Waals surface area (Å²) in [6.07, 6.45) is 0. The molecule has 0 aromatic heterocycles. The molecule has 1 N–H and O–H groups in total. The maximum absolute atomic E-state index is 13.1. The number of benzene rings is 1. The lowest BCUT2D eigenvalue weighted by Gasteiger charge is -1.97. The van der Waals surface area contributed by atoms with E-state index in [2.05, 4.69) is 0 Å². The Hall–Kier alpha value is -1.16. The van der Waals surface area contributed by atoms with Crippen LogP contribution >= 0.6 is 11.6 Å². The van der Waals surface area contributed by atoms with E-state index in [0.717, 1.165) is 0 Å². The van der Waals surface area contributed by atoms with E-state index < -0.39 is 23.7 Å². The van der Waals surface area contributed by atoms with Crippen LogP contribution in [0.1, 0.15) is 11.5 Å². The van der Waals surface area contributed by atoms with E-state index >= 15 is 0 Å². The van der Waals surface area contributed by atoms with Crippen LogP contribution in [0.25, 0.3) is 0 Å². The molecule has 0 unspecified atom stereocenters. The first-order valence-corrected chi connectivity index (χ1v) is 4.68. The van der Waals surface area contributed by atoms with Crippen LogP contribution in [0.15, 0.2) is 24.3 Å². The van der Waals surface area contributed by atoms with Gasteiger partial charge in [-0.15, -0.1) is 0 Å². The van der Waals surface area contributed by atoms with E-state index in [-0.39, 0.29) is 0 Å². The molecular formula is C10H7ClF2O2. The Balaban J connectivity index is 2.27. The van der Waals surface area contributed by atoms with Crippen molar-refractivity contribution in [1.82, 2.24) is 0 Å². The average Bonchev–Trinajstić information content (AvgIpc) is 2.70. The number of hydrogen-bond acceptors (Lipinski definition) is 1. The van der Waals surface area contributed by atoms with Gasteiger partial charge in [-0.2, -0.15) is 0 Å². The van der Waals surface area contributed by atoms with Crippen molar-refractivity contribution in [2.75, 3.05) is 0 Å². The first-order valence-electron chi connectivity index (χ1n) is 4.30. The summed E-state index contributed by atoms with van der Waals surface area (Å²) in [6.45, 7) is 0. The molecular weight excluding hydrogens is 226 g/mol. The predicted molar refractivity (Wildman–Crippen MR) is 50.3 cm³/mol. The van der Waals surface area contributed by atoms with E-state index in [1.54, 1.807) is 0 Å². The second-order valence-electron chi connectivity index (χ2n) is 3.52. The first-order chi connectivity index (χ1) is 6.94. The topological polar surface area (TPSA) is 37.3 Å². The Labute approximate surface area is 89.5 Å². The number of carboxylic acid groups (broad SMARTS) is 1. The molecule has 0 aliphatic heterocycles. The third kappa shape index (κ3) is 1.59. The zero-order valence-electron chi connectivity index (χ0n) is 7.45. The van der Waals surface area contributed by atoms with Gasteiger partial charge in [0.2, 0.25) is 0 Å². The molecule has 1 aliphatic rings. The van der Waals surface area contributed by atoms with Gasteiger partial charge in [0.15, 0.2) is 0 Å². The third-order valence-corrected chi connectivity index (χ3v) is 2.80. The smallest absolute Gasteiger partial charge is 0.313 e. The summed E-state index contributed by atoms with van der Waals surface area (Å²) in [5.41, 5.74) is 0.316. The van der Waals surface area contributed by atoms with Crippen molar-refractivity contribution in [2.24, 2.45) is 5.92 Å². The second-order valence-corrected chi connectivity index (χ2v) is 3.96. The molecule has 2 atom stereocenters.